The minimum atomic E-state index is -0.721. The molecule has 4 rings (SSSR count). The van der Waals surface area contributed by atoms with Crippen molar-refractivity contribution < 1.29 is 19.5 Å². The zero-order chi connectivity index (χ0) is 21.8. The van der Waals surface area contributed by atoms with Crippen molar-refractivity contribution in [1.82, 2.24) is 10.2 Å². The topological polar surface area (TPSA) is 98.7 Å². The van der Waals surface area contributed by atoms with Gasteiger partial charge in [0.05, 0.1) is 23.2 Å². The van der Waals surface area contributed by atoms with Crippen molar-refractivity contribution in [3.63, 3.8) is 0 Å². The van der Waals surface area contributed by atoms with Crippen LogP contribution in [0.4, 0.5) is 5.69 Å². The summed E-state index contributed by atoms with van der Waals surface area (Å²) in [6.45, 7) is 5.81. The Morgan fingerprint density at radius 2 is 1.93 bits per heavy atom. The highest BCUT2D eigenvalue weighted by molar-refractivity contribution is 8.02. The molecule has 3 amide bonds. The second kappa shape index (κ2) is 7.57. The van der Waals surface area contributed by atoms with Crippen molar-refractivity contribution in [3.8, 4) is 0 Å². The largest absolute Gasteiger partial charge is 0.395 e. The van der Waals surface area contributed by atoms with Crippen LogP contribution in [0.5, 0.6) is 0 Å². The molecular formula is C22H29N3O4S. The molecule has 2 bridgehead atoms. The molecular weight excluding hydrogens is 402 g/mol. The predicted molar refractivity (Wildman–Crippen MR) is 116 cm³/mol. The molecule has 6 atom stereocenters. The van der Waals surface area contributed by atoms with Gasteiger partial charge in [-0.1, -0.05) is 25.1 Å². The van der Waals surface area contributed by atoms with Gasteiger partial charge in [-0.25, -0.2) is 0 Å². The van der Waals surface area contributed by atoms with Crippen LogP contribution in [0, 0.1) is 31.6 Å². The van der Waals surface area contributed by atoms with Crippen LogP contribution in [0.15, 0.2) is 18.2 Å². The molecule has 3 fully saturated rings. The van der Waals surface area contributed by atoms with E-state index >= 15 is 0 Å². The van der Waals surface area contributed by atoms with Crippen LogP contribution in [0.2, 0.25) is 0 Å². The van der Waals surface area contributed by atoms with E-state index in [2.05, 4.69) is 17.6 Å². The number of thioether (sulfide) groups is 1. The first-order chi connectivity index (χ1) is 14.3. The SMILES string of the molecule is CNC(=O)[C@@H]1[C@@H]2CC(C)C3(S2)C(C(=O)Nc2c(C)cccc2C)N(CCO)C(=O)[C@H]13. The molecule has 3 saturated heterocycles. The fourth-order valence-corrected chi connectivity index (χ4v) is 8.26. The van der Waals surface area contributed by atoms with E-state index in [1.807, 2.05) is 32.0 Å². The summed E-state index contributed by atoms with van der Waals surface area (Å²) in [5.41, 5.74) is 2.66. The Morgan fingerprint density at radius 1 is 1.27 bits per heavy atom. The molecule has 1 aromatic rings. The Labute approximate surface area is 181 Å². The second-order valence-corrected chi connectivity index (χ2v) is 10.2. The molecule has 3 N–H and O–H groups in total. The number of carbonyl (C=O) groups is 3. The number of aliphatic hydroxyl groups excluding tert-OH is 1. The van der Waals surface area contributed by atoms with Crippen LogP contribution in [-0.4, -0.2) is 64.0 Å². The number of amides is 3. The van der Waals surface area contributed by atoms with Crippen LogP contribution in [-0.2, 0) is 14.4 Å². The summed E-state index contributed by atoms with van der Waals surface area (Å²) < 4.78 is -0.658. The van der Waals surface area contributed by atoms with E-state index in [0.29, 0.717) is 0 Å². The van der Waals surface area contributed by atoms with Gasteiger partial charge in [-0.15, -0.1) is 11.8 Å². The first kappa shape index (κ1) is 21.2. The summed E-state index contributed by atoms with van der Waals surface area (Å²) in [4.78, 5) is 41.3. The summed E-state index contributed by atoms with van der Waals surface area (Å²) in [5, 5.41) is 15.4. The zero-order valence-electron chi connectivity index (χ0n) is 17.8. The van der Waals surface area contributed by atoms with Crippen LogP contribution < -0.4 is 10.6 Å². The monoisotopic (exact) mass is 431 g/mol. The second-order valence-electron chi connectivity index (χ2n) is 8.68. The van der Waals surface area contributed by atoms with Gasteiger partial charge in [0.15, 0.2) is 0 Å². The van der Waals surface area contributed by atoms with Crippen LogP contribution in [0.25, 0.3) is 0 Å². The number of anilines is 1. The highest BCUT2D eigenvalue weighted by atomic mass is 32.2. The van der Waals surface area contributed by atoms with Crippen molar-refractivity contribution in [2.24, 2.45) is 17.8 Å². The normalized spacial score (nSPS) is 34.2. The zero-order valence-corrected chi connectivity index (χ0v) is 18.6. The molecule has 0 aliphatic carbocycles. The van der Waals surface area contributed by atoms with Crippen molar-refractivity contribution in [1.29, 1.82) is 0 Å². The number of β-amino-alcohol motifs (C(OH)–C–C–N with tert-alkyl or cyclic N) is 1. The van der Waals surface area contributed by atoms with Crippen LogP contribution in [0.1, 0.15) is 24.5 Å². The number of rotatable bonds is 5. The smallest absolute Gasteiger partial charge is 0.248 e. The van der Waals surface area contributed by atoms with Crippen molar-refractivity contribution in [2.75, 3.05) is 25.5 Å². The third-order valence-electron chi connectivity index (χ3n) is 7.11. The number of nitrogens with zero attached hydrogens (tertiary/aromatic N) is 1. The molecule has 3 aliphatic rings. The number of hydrogen-bond acceptors (Lipinski definition) is 5. The Hall–Kier alpha value is -2.06. The van der Waals surface area contributed by atoms with Gasteiger partial charge in [0.25, 0.3) is 0 Å². The van der Waals surface area contributed by atoms with Gasteiger partial charge in [-0.05, 0) is 37.3 Å². The fraction of sp³-hybridized carbons (Fsp3) is 0.591. The Kier molecular flexibility index (Phi) is 5.34. The van der Waals surface area contributed by atoms with Crippen LogP contribution >= 0.6 is 11.8 Å². The number of para-hydroxylation sites is 1. The van der Waals surface area contributed by atoms with E-state index in [0.717, 1.165) is 23.2 Å². The first-order valence-corrected chi connectivity index (χ1v) is 11.3. The molecule has 3 heterocycles. The molecule has 1 aromatic carbocycles. The number of benzene rings is 1. The highest BCUT2D eigenvalue weighted by Crippen LogP contribution is 2.68. The average Bonchev–Trinajstić information content (AvgIpc) is 3.29. The summed E-state index contributed by atoms with van der Waals surface area (Å²) in [6, 6.07) is 5.10. The molecule has 0 radical (unpaired) electrons. The minimum Gasteiger partial charge on any atom is -0.395 e. The van der Waals surface area contributed by atoms with E-state index in [-0.39, 0.29) is 42.0 Å². The quantitative estimate of drug-likeness (QED) is 0.653. The van der Waals surface area contributed by atoms with Gasteiger partial charge >= 0.3 is 0 Å². The number of nitrogens with one attached hydrogen (secondary N) is 2. The Balaban J connectivity index is 1.76. The highest BCUT2D eigenvalue weighted by Gasteiger charge is 2.75. The first-order valence-electron chi connectivity index (χ1n) is 10.5. The summed E-state index contributed by atoms with van der Waals surface area (Å²) >= 11 is 1.63. The third-order valence-corrected chi connectivity index (χ3v) is 9.19. The fourth-order valence-electron chi connectivity index (χ4n) is 5.84. The van der Waals surface area contributed by atoms with Gasteiger partial charge in [-0.2, -0.15) is 0 Å². The van der Waals surface area contributed by atoms with Gasteiger partial charge < -0.3 is 20.6 Å². The van der Waals surface area contributed by atoms with Gasteiger partial charge in [0.1, 0.15) is 6.04 Å². The van der Waals surface area contributed by atoms with Crippen LogP contribution in [0.3, 0.4) is 0 Å². The maximum atomic E-state index is 13.7. The molecule has 1 spiro atoms. The molecule has 7 nitrogen and oxygen atoms in total. The van der Waals surface area contributed by atoms with E-state index < -0.39 is 22.6 Å². The predicted octanol–water partition coefficient (Wildman–Crippen LogP) is 1.32. The number of aryl methyl sites for hydroxylation is 2. The number of aliphatic hydroxyl groups is 1. The van der Waals surface area contributed by atoms with E-state index in [1.54, 1.807) is 18.8 Å². The van der Waals surface area contributed by atoms with Gasteiger partial charge in [0, 0.05) is 24.5 Å². The number of likely N-dealkylation sites (tertiary alicyclic amines) is 1. The molecule has 3 aliphatic heterocycles. The maximum Gasteiger partial charge on any atom is 0.248 e. The van der Waals surface area contributed by atoms with E-state index in [4.69, 9.17) is 0 Å². The lowest BCUT2D eigenvalue weighted by Crippen LogP contribution is -2.55. The number of fused-ring (bicyclic) bond motifs is 1. The lowest BCUT2D eigenvalue weighted by atomic mass is 9.66. The van der Waals surface area contributed by atoms with Crippen molar-refractivity contribution in [3.05, 3.63) is 29.3 Å². The van der Waals surface area contributed by atoms with Crippen molar-refractivity contribution in [2.45, 2.75) is 43.2 Å². The Bertz CT molecular complexity index is 886. The summed E-state index contributed by atoms with van der Waals surface area (Å²) in [5.74, 6) is -1.45. The van der Waals surface area contributed by atoms with E-state index in [9.17, 15) is 19.5 Å². The molecule has 0 aromatic heterocycles. The molecule has 0 saturated carbocycles. The summed E-state index contributed by atoms with van der Waals surface area (Å²) in [6.07, 6.45) is 0.798. The average molecular weight is 432 g/mol. The standard InChI is InChI=1S/C22H29N3O4S/c1-11-6-5-7-12(2)17(11)24-20(28)18-22-13(3)10-14(30-22)15(19(27)23-4)16(22)21(29)25(18)8-9-26/h5-7,13-16,18,26H,8-10H2,1-4H3,(H,23,27)(H,24,28)/t13?,14-,15+,16-,18?,22?/m0/s1. The minimum absolute atomic E-state index is 0.0284. The molecule has 30 heavy (non-hydrogen) atoms. The lowest BCUT2D eigenvalue weighted by Gasteiger charge is -2.38. The third kappa shape index (κ3) is 2.80. The van der Waals surface area contributed by atoms with Gasteiger partial charge in [0.2, 0.25) is 17.7 Å². The molecule has 3 unspecified atom stereocenters. The molecule has 162 valence electrons. The maximum absolute atomic E-state index is 13.7. The molecule has 8 heteroatoms. The van der Waals surface area contributed by atoms with Gasteiger partial charge in [-0.3, -0.25) is 14.4 Å². The number of hydrogen-bond donors (Lipinski definition) is 3. The van der Waals surface area contributed by atoms with Crippen molar-refractivity contribution >= 4 is 35.2 Å². The Morgan fingerprint density at radius 3 is 2.53 bits per heavy atom. The summed E-state index contributed by atoms with van der Waals surface area (Å²) in [7, 11) is 1.59. The number of carbonyl (C=O) groups excluding carboxylic acids is 3. The lowest BCUT2D eigenvalue weighted by molar-refractivity contribution is -0.139. The van der Waals surface area contributed by atoms with E-state index in [1.165, 1.54) is 4.90 Å².